The van der Waals surface area contributed by atoms with E-state index in [1.165, 1.54) is 0 Å². The fourth-order valence-electron chi connectivity index (χ4n) is 4.61. The summed E-state index contributed by atoms with van der Waals surface area (Å²) in [6.07, 6.45) is 7.74. The smallest absolute Gasteiger partial charge is 0.308 e. The molecule has 3 unspecified atom stereocenters. The van der Waals surface area contributed by atoms with Gasteiger partial charge in [0.05, 0.1) is 5.92 Å². The van der Waals surface area contributed by atoms with Gasteiger partial charge in [-0.05, 0) is 38.5 Å². The molecule has 3 atom stereocenters. The molecule has 3 aliphatic rings. The van der Waals surface area contributed by atoms with Gasteiger partial charge in [-0.2, -0.15) is 0 Å². The van der Waals surface area contributed by atoms with Crippen molar-refractivity contribution in [2.75, 3.05) is 0 Å². The van der Waals surface area contributed by atoms with Crippen molar-refractivity contribution in [1.29, 1.82) is 0 Å². The molecule has 2 heterocycles. The van der Waals surface area contributed by atoms with E-state index < -0.39 is 5.97 Å². The lowest BCUT2D eigenvalue weighted by Gasteiger charge is -2.34. The summed E-state index contributed by atoms with van der Waals surface area (Å²) < 4.78 is 0. The Morgan fingerprint density at radius 3 is 2.47 bits per heavy atom. The Morgan fingerprint density at radius 2 is 1.95 bits per heavy atom. The predicted molar refractivity (Wildman–Crippen MR) is 70.6 cm³/mol. The number of carboxylic acids is 1. The van der Waals surface area contributed by atoms with E-state index in [-0.39, 0.29) is 29.3 Å². The van der Waals surface area contributed by atoms with Crippen LogP contribution in [0, 0.1) is 11.3 Å². The van der Waals surface area contributed by atoms with E-state index in [2.05, 4.69) is 6.92 Å². The van der Waals surface area contributed by atoms with Gasteiger partial charge in [-0.15, -0.1) is 0 Å². The number of nitrogens with zero attached hydrogens (tertiary/aromatic N) is 1. The zero-order chi connectivity index (χ0) is 13.6. The highest BCUT2D eigenvalue weighted by atomic mass is 16.4. The van der Waals surface area contributed by atoms with Crippen molar-refractivity contribution in [3.05, 3.63) is 0 Å². The minimum atomic E-state index is -0.720. The van der Waals surface area contributed by atoms with Gasteiger partial charge in [0, 0.05) is 17.5 Å². The molecule has 0 aromatic rings. The SMILES string of the molecule is CCC1(C(=O)N2C3CCC2C(C(=O)O)C3)CCCC1. The molecule has 3 rings (SSSR count). The minimum absolute atomic E-state index is 0.0287. The molecule has 19 heavy (non-hydrogen) atoms. The van der Waals surface area contributed by atoms with Gasteiger partial charge < -0.3 is 10.0 Å². The number of hydrogen-bond donors (Lipinski definition) is 1. The Labute approximate surface area is 114 Å². The van der Waals surface area contributed by atoms with Crippen LogP contribution in [0.3, 0.4) is 0 Å². The first-order valence-corrected chi connectivity index (χ1v) is 7.64. The van der Waals surface area contributed by atoms with Crippen LogP contribution in [-0.2, 0) is 9.59 Å². The highest BCUT2D eigenvalue weighted by Gasteiger charge is 2.55. The Balaban J connectivity index is 1.83. The molecule has 2 bridgehead atoms. The van der Waals surface area contributed by atoms with E-state index in [4.69, 9.17) is 0 Å². The molecular weight excluding hydrogens is 242 g/mol. The third kappa shape index (κ3) is 1.79. The quantitative estimate of drug-likeness (QED) is 0.852. The Morgan fingerprint density at radius 1 is 1.26 bits per heavy atom. The first kappa shape index (κ1) is 12.9. The molecule has 1 aliphatic carbocycles. The number of amides is 1. The lowest BCUT2D eigenvalue weighted by molar-refractivity contribution is -0.146. The van der Waals surface area contributed by atoms with E-state index in [9.17, 15) is 14.7 Å². The van der Waals surface area contributed by atoms with Crippen LogP contribution in [0.1, 0.15) is 58.3 Å². The van der Waals surface area contributed by atoms with Gasteiger partial charge >= 0.3 is 5.97 Å². The molecule has 106 valence electrons. The van der Waals surface area contributed by atoms with Crippen molar-refractivity contribution < 1.29 is 14.7 Å². The van der Waals surface area contributed by atoms with Crippen molar-refractivity contribution in [1.82, 2.24) is 4.90 Å². The fourth-order valence-corrected chi connectivity index (χ4v) is 4.61. The van der Waals surface area contributed by atoms with E-state index in [0.717, 1.165) is 44.9 Å². The first-order chi connectivity index (χ1) is 9.09. The molecule has 2 saturated heterocycles. The Kier molecular flexibility index (Phi) is 3.06. The van der Waals surface area contributed by atoms with Crippen LogP contribution in [0.2, 0.25) is 0 Å². The summed E-state index contributed by atoms with van der Waals surface area (Å²) in [5, 5.41) is 9.28. The number of fused-ring (bicyclic) bond motifs is 2. The zero-order valence-electron chi connectivity index (χ0n) is 11.6. The largest absolute Gasteiger partial charge is 0.481 e. The molecular formula is C15H23NO3. The van der Waals surface area contributed by atoms with Crippen LogP contribution < -0.4 is 0 Å². The molecule has 0 radical (unpaired) electrons. The number of rotatable bonds is 3. The van der Waals surface area contributed by atoms with Crippen molar-refractivity contribution in [2.24, 2.45) is 11.3 Å². The van der Waals surface area contributed by atoms with Crippen molar-refractivity contribution in [3.63, 3.8) is 0 Å². The maximum Gasteiger partial charge on any atom is 0.308 e. The molecule has 4 heteroatoms. The minimum Gasteiger partial charge on any atom is -0.481 e. The summed E-state index contributed by atoms with van der Waals surface area (Å²) in [7, 11) is 0. The molecule has 0 aromatic carbocycles. The maximum absolute atomic E-state index is 13.0. The third-order valence-corrected chi connectivity index (χ3v) is 5.78. The number of carboxylic acid groups (broad SMARTS) is 1. The number of aliphatic carboxylic acids is 1. The Hall–Kier alpha value is -1.06. The van der Waals surface area contributed by atoms with Gasteiger partial charge in [0.2, 0.25) is 5.91 Å². The summed E-state index contributed by atoms with van der Waals surface area (Å²) in [5.74, 6) is -0.774. The van der Waals surface area contributed by atoms with Gasteiger partial charge in [0.15, 0.2) is 0 Å². The van der Waals surface area contributed by atoms with Gasteiger partial charge in [-0.1, -0.05) is 19.8 Å². The van der Waals surface area contributed by atoms with E-state index >= 15 is 0 Å². The second-order valence-corrected chi connectivity index (χ2v) is 6.53. The second kappa shape index (κ2) is 4.50. The molecule has 1 saturated carbocycles. The predicted octanol–water partition coefficient (Wildman–Crippen LogP) is 2.42. The summed E-state index contributed by atoms with van der Waals surface area (Å²) in [4.78, 5) is 26.2. The molecule has 1 N–H and O–H groups in total. The van der Waals surface area contributed by atoms with Crippen LogP contribution >= 0.6 is 0 Å². The van der Waals surface area contributed by atoms with Crippen molar-refractivity contribution >= 4 is 11.9 Å². The van der Waals surface area contributed by atoms with Crippen molar-refractivity contribution in [3.8, 4) is 0 Å². The summed E-state index contributed by atoms with van der Waals surface area (Å²) in [6.45, 7) is 2.11. The molecule has 2 aliphatic heterocycles. The number of carbonyl (C=O) groups is 2. The average Bonchev–Trinajstić information content (AvgIpc) is 3.12. The molecule has 0 spiro atoms. The van der Waals surface area contributed by atoms with Crippen molar-refractivity contribution in [2.45, 2.75) is 70.4 Å². The van der Waals surface area contributed by atoms with Crippen LogP contribution in [0.15, 0.2) is 0 Å². The lowest BCUT2D eigenvalue weighted by atomic mass is 9.81. The topological polar surface area (TPSA) is 57.6 Å². The maximum atomic E-state index is 13.0. The van der Waals surface area contributed by atoms with Crippen LogP contribution in [0.5, 0.6) is 0 Å². The number of carbonyl (C=O) groups excluding carboxylic acids is 1. The van der Waals surface area contributed by atoms with Gasteiger partial charge in [-0.3, -0.25) is 9.59 Å². The van der Waals surface area contributed by atoms with Crippen LogP contribution in [0.25, 0.3) is 0 Å². The highest BCUT2D eigenvalue weighted by molar-refractivity contribution is 5.85. The second-order valence-electron chi connectivity index (χ2n) is 6.53. The van der Waals surface area contributed by atoms with E-state index in [1.807, 2.05) is 4.90 Å². The summed E-state index contributed by atoms with van der Waals surface area (Å²) >= 11 is 0. The molecule has 1 amide bonds. The van der Waals surface area contributed by atoms with Gasteiger partial charge in [-0.25, -0.2) is 0 Å². The Bertz CT molecular complexity index is 400. The highest BCUT2D eigenvalue weighted by Crippen LogP contribution is 2.49. The van der Waals surface area contributed by atoms with Gasteiger partial charge in [0.25, 0.3) is 0 Å². The normalized spacial score (nSPS) is 35.8. The van der Waals surface area contributed by atoms with Gasteiger partial charge in [0.1, 0.15) is 0 Å². The summed E-state index contributed by atoms with van der Waals surface area (Å²) in [6, 6.07) is 0.168. The van der Waals surface area contributed by atoms with E-state index in [1.54, 1.807) is 0 Å². The van der Waals surface area contributed by atoms with E-state index in [0.29, 0.717) is 6.42 Å². The lowest BCUT2D eigenvalue weighted by Crippen LogP contribution is -2.46. The third-order valence-electron chi connectivity index (χ3n) is 5.78. The van der Waals surface area contributed by atoms with Crippen LogP contribution in [0.4, 0.5) is 0 Å². The monoisotopic (exact) mass is 265 g/mol. The fraction of sp³-hybridized carbons (Fsp3) is 0.867. The molecule has 0 aromatic heterocycles. The average molecular weight is 265 g/mol. The first-order valence-electron chi connectivity index (χ1n) is 7.64. The molecule has 3 fully saturated rings. The number of hydrogen-bond acceptors (Lipinski definition) is 2. The zero-order valence-corrected chi connectivity index (χ0v) is 11.6. The van der Waals surface area contributed by atoms with Crippen LogP contribution in [-0.4, -0.2) is 34.0 Å². The summed E-state index contributed by atoms with van der Waals surface area (Å²) in [5.41, 5.74) is -0.172. The standard InChI is InChI=1S/C15H23NO3/c1-2-15(7-3-4-8-15)14(19)16-10-5-6-12(16)11(9-10)13(17)18/h10-12H,2-9H2,1H3,(H,17,18). The molecule has 4 nitrogen and oxygen atoms in total.